The summed E-state index contributed by atoms with van der Waals surface area (Å²) in [5.74, 6) is -0.119. The maximum absolute atomic E-state index is 12.1. The van der Waals surface area contributed by atoms with Crippen LogP contribution in [0.3, 0.4) is 0 Å². The summed E-state index contributed by atoms with van der Waals surface area (Å²) in [5, 5.41) is 6.87. The zero-order chi connectivity index (χ0) is 17.1. The third kappa shape index (κ3) is 3.24. The first-order chi connectivity index (χ1) is 11.6. The van der Waals surface area contributed by atoms with Crippen molar-refractivity contribution in [2.75, 3.05) is 13.2 Å². The monoisotopic (exact) mass is 329 g/mol. The molecule has 0 radical (unpaired) electrons. The molecule has 1 aliphatic heterocycles. The van der Waals surface area contributed by atoms with Crippen LogP contribution in [0.5, 0.6) is 5.75 Å². The average molecular weight is 329 g/mol. The lowest BCUT2D eigenvalue weighted by atomic mass is 10.0. The number of aromatic nitrogens is 2. The van der Waals surface area contributed by atoms with Crippen LogP contribution in [0.25, 0.3) is 0 Å². The number of benzene rings is 1. The van der Waals surface area contributed by atoms with Gasteiger partial charge < -0.3 is 14.8 Å². The fourth-order valence-corrected chi connectivity index (χ4v) is 2.64. The molecule has 3 rings (SSSR count). The molecule has 1 aliphatic rings. The normalized spacial score (nSPS) is 16.0. The molecule has 0 spiro atoms. The standard InChI is InChI=1S/C17H19N3O4/c1-11-13(9-18-20(11)2)17(22)24-10-16(21)19-14-7-8-23-15-6-4-3-5-12(14)15/h3-6,9,14H,7-8,10H2,1-2H3,(H,19,21)/t14-/m0/s1. The van der Waals surface area contributed by atoms with Crippen molar-refractivity contribution in [2.24, 2.45) is 7.05 Å². The van der Waals surface area contributed by atoms with Gasteiger partial charge in [-0.15, -0.1) is 0 Å². The third-order valence-electron chi connectivity index (χ3n) is 4.08. The highest BCUT2D eigenvalue weighted by atomic mass is 16.5. The number of hydrogen-bond acceptors (Lipinski definition) is 5. The fourth-order valence-electron chi connectivity index (χ4n) is 2.64. The molecule has 0 fully saturated rings. The lowest BCUT2D eigenvalue weighted by Crippen LogP contribution is -2.35. The van der Waals surface area contributed by atoms with E-state index in [1.807, 2.05) is 24.3 Å². The number of ether oxygens (including phenoxy) is 2. The fraction of sp³-hybridized carbons (Fsp3) is 0.353. The Morgan fingerprint density at radius 2 is 2.21 bits per heavy atom. The van der Waals surface area contributed by atoms with Crippen LogP contribution in [0.1, 0.15) is 34.1 Å². The zero-order valence-electron chi connectivity index (χ0n) is 13.6. The van der Waals surface area contributed by atoms with E-state index in [4.69, 9.17) is 9.47 Å². The molecule has 7 heteroatoms. The van der Waals surface area contributed by atoms with Crippen molar-refractivity contribution in [3.8, 4) is 5.75 Å². The summed E-state index contributed by atoms with van der Waals surface area (Å²) in [6.45, 7) is 1.98. The maximum Gasteiger partial charge on any atom is 0.342 e. The predicted octanol–water partition coefficient (Wildman–Crippen LogP) is 1.53. The lowest BCUT2D eigenvalue weighted by Gasteiger charge is -2.26. The van der Waals surface area contributed by atoms with Gasteiger partial charge >= 0.3 is 5.97 Å². The van der Waals surface area contributed by atoms with E-state index < -0.39 is 5.97 Å². The number of carbonyl (C=O) groups excluding carboxylic acids is 2. The summed E-state index contributed by atoms with van der Waals surface area (Å²) in [6, 6.07) is 7.45. The molecule has 1 aromatic heterocycles. The van der Waals surface area contributed by atoms with Crippen LogP contribution in [-0.2, 0) is 16.6 Å². The van der Waals surface area contributed by atoms with Gasteiger partial charge in [-0.3, -0.25) is 9.48 Å². The summed E-state index contributed by atoms with van der Waals surface area (Å²) in [5.41, 5.74) is 1.99. The van der Waals surface area contributed by atoms with E-state index in [0.717, 1.165) is 11.3 Å². The summed E-state index contributed by atoms with van der Waals surface area (Å²) in [6.07, 6.45) is 2.11. The quantitative estimate of drug-likeness (QED) is 0.860. The number of nitrogens with zero attached hydrogens (tertiary/aromatic N) is 2. The smallest absolute Gasteiger partial charge is 0.342 e. The van der Waals surface area contributed by atoms with E-state index in [-0.39, 0.29) is 18.6 Å². The molecule has 0 unspecified atom stereocenters. The minimum atomic E-state index is -0.553. The summed E-state index contributed by atoms with van der Waals surface area (Å²) in [4.78, 5) is 24.1. The number of carbonyl (C=O) groups is 2. The Morgan fingerprint density at radius 3 is 2.96 bits per heavy atom. The van der Waals surface area contributed by atoms with Gasteiger partial charge in [-0.2, -0.15) is 5.10 Å². The van der Waals surface area contributed by atoms with Crippen LogP contribution in [0.4, 0.5) is 0 Å². The minimum Gasteiger partial charge on any atom is -0.493 e. The van der Waals surface area contributed by atoms with E-state index in [1.165, 1.54) is 6.20 Å². The summed E-state index contributed by atoms with van der Waals surface area (Å²) < 4.78 is 12.2. The molecule has 1 amide bonds. The molecule has 2 aromatic rings. The van der Waals surface area contributed by atoms with Crippen molar-refractivity contribution in [2.45, 2.75) is 19.4 Å². The number of aryl methyl sites for hydroxylation is 1. The van der Waals surface area contributed by atoms with Gasteiger partial charge in [-0.1, -0.05) is 18.2 Å². The van der Waals surface area contributed by atoms with Gasteiger partial charge in [0.25, 0.3) is 5.91 Å². The molecule has 0 bridgehead atoms. The van der Waals surface area contributed by atoms with Crippen LogP contribution in [0.2, 0.25) is 0 Å². The topological polar surface area (TPSA) is 82.5 Å². The molecule has 0 saturated carbocycles. The number of esters is 1. The van der Waals surface area contributed by atoms with Gasteiger partial charge in [0.15, 0.2) is 6.61 Å². The molecule has 0 saturated heterocycles. The van der Waals surface area contributed by atoms with E-state index in [0.29, 0.717) is 24.3 Å². The van der Waals surface area contributed by atoms with Crippen LogP contribution in [0, 0.1) is 6.92 Å². The van der Waals surface area contributed by atoms with Gasteiger partial charge in [0.1, 0.15) is 11.3 Å². The van der Waals surface area contributed by atoms with Gasteiger partial charge in [-0.05, 0) is 13.0 Å². The number of fused-ring (bicyclic) bond motifs is 1. The molecular weight excluding hydrogens is 310 g/mol. The first-order valence-corrected chi connectivity index (χ1v) is 7.73. The number of amides is 1. The molecule has 1 aromatic carbocycles. The second kappa shape index (κ2) is 6.74. The van der Waals surface area contributed by atoms with Crippen LogP contribution < -0.4 is 10.1 Å². The predicted molar refractivity (Wildman–Crippen MR) is 85.7 cm³/mol. The second-order valence-electron chi connectivity index (χ2n) is 5.64. The molecule has 7 nitrogen and oxygen atoms in total. The first-order valence-electron chi connectivity index (χ1n) is 7.73. The Kier molecular flexibility index (Phi) is 4.50. The molecule has 126 valence electrons. The Hall–Kier alpha value is -2.83. The average Bonchev–Trinajstić information content (AvgIpc) is 2.92. The van der Waals surface area contributed by atoms with E-state index in [9.17, 15) is 9.59 Å². The van der Waals surface area contributed by atoms with Crippen molar-refractivity contribution < 1.29 is 19.1 Å². The van der Waals surface area contributed by atoms with Gasteiger partial charge in [-0.25, -0.2) is 4.79 Å². The first kappa shape index (κ1) is 16.0. The molecule has 1 N–H and O–H groups in total. The number of hydrogen-bond donors (Lipinski definition) is 1. The molecule has 0 aliphatic carbocycles. The largest absolute Gasteiger partial charge is 0.493 e. The van der Waals surface area contributed by atoms with E-state index in [1.54, 1.807) is 18.7 Å². The highest BCUT2D eigenvalue weighted by Gasteiger charge is 2.23. The van der Waals surface area contributed by atoms with Gasteiger partial charge in [0, 0.05) is 24.7 Å². The minimum absolute atomic E-state index is 0.138. The van der Waals surface area contributed by atoms with Crippen molar-refractivity contribution in [1.82, 2.24) is 15.1 Å². The van der Waals surface area contributed by atoms with Gasteiger partial charge in [0.2, 0.25) is 0 Å². The number of para-hydroxylation sites is 1. The van der Waals surface area contributed by atoms with Crippen molar-refractivity contribution in [3.05, 3.63) is 47.3 Å². The number of rotatable bonds is 4. The SMILES string of the molecule is Cc1c(C(=O)OCC(=O)N[C@H]2CCOc3ccccc32)cnn1C. The van der Waals surface area contributed by atoms with E-state index >= 15 is 0 Å². The van der Waals surface area contributed by atoms with Crippen LogP contribution >= 0.6 is 0 Å². The zero-order valence-corrected chi connectivity index (χ0v) is 13.6. The highest BCUT2D eigenvalue weighted by molar-refractivity contribution is 5.92. The molecule has 24 heavy (non-hydrogen) atoms. The van der Waals surface area contributed by atoms with Crippen molar-refractivity contribution >= 4 is 11.9 Å². The second-order valence-corrected chi connectivity index (χ2v) is 5.64. The van der Waals surface area contributed by atoms with Crippen LogP contribution in [-0.4, -0.2) is 34.9 Å². The van der Waals surface area contributed by atoms with Crippen molar-refractivity contribution in [1.29, 1.82) is 0 Å². The number of nitrogens with one attached hydrogen (secondary N) is 1. The van der Waals surface area contributed by atoms with Crippen molar-refractivity contribution in [3.63, 3.8) is 0 Å². The highest BCUT2D eigenvalue weighted by Crippen LogP contribution is 2.31. The Labute approximate surface area is 139 Å². The lowest BCUT2D eigenvalue weighted by molar-refractivity contribution is -0.125. The Balaban J connectivity index is 1.57. The molecule has 1 atom stereocenters. The van der Waals surface area contributed by atoms with Gasteiger partial charge in [0.05, 0.1) is 18.8 Å². The third-order valence-corrected chi connectivity index (χ3v) is 4.08. The summed E-state index contributed by atoms with van der Waals surface area (Å²) >= 11 is 0. The Bertz CT molecular complexity index is 769. The van der Waals surface area contributed by atoms with E-state index in [2.05, 4.69) is 10.4 Å². The molecule has 2 heterocycles. The van der Waals surface area contributed by atoms with Crippen LogP contribution in [0.15, 0.2) is 30.5 Å². The molecular formula is C17H19N3O4. The Morgan fingerprint density at radius 1 is 1.42 bits per heavy atom. The summed E-state index contributed by atoms with van der Waals surface area (Å²) in [7, 11) is 1.74. The maximum atomic E-state index is 12.1.